The number of Topliss-reactive ketones (excluding diaryl/α,β-unsaturated/α-hetero) is 2. The second kappa shape index (κ2) is 6.78. The lowest BCUT2D eigenvalue weighted by Crippen LogP contribution is -2.28. The summed E-state index contributed by atoms with van der Waals surface area (Å²) in [4.78, 5) is 29.7. The predicted molar refractivity (Wildman–Crippen MR) is 118 cm³/mol. The highest BCUT2D eigenvalue weighted by Crippen LogP contribution is 2.45. The molecule has 0 radical (unpaired) electrons. The van der Waals surface area contributed by atoms with Crippen molar-refractivity contribution in [2.45, 2.75) is 57.9 Å². The zero-order valence-corrected chi connectivity index (χ0v) is 17.6. The number of fused-ring (bicyclic) bond motifs is 7. The molecule has 5 heteroatoms. The van der Waals surface area contributed by atoms with Crippen molar-refractivity contribution < 1.29 is 9.59 Å². The molecule has 150 valence electrons. The molecule has 29 heavy (non-hydrogen) atoms. The van der Waals surface area contributed by atoms with Crippen molar-refractivity contribution in [2.75, 3.05) is 19.6 Å². The summed E-state index contributed by atoms with van der Waals surface area (Å²) < 4.78 is 2.45. The third-order valence-corrected chi connectivity index (χ3v) is 8.46. The molecule has 3 heterocycles. The molecule has 0 spiro atoms. The molecule has 1 aliphatic heterocycles. The summed E-state index contributed by atoms with van der Waals surface area (Å²) in [5.41, 5.74) is 4.65. The summed E-state index contributed by atoms with van der Waals surface area (Å²) in [6.07, 6.45) is 8.29. The molecular formula is C24H26N2O2S. The van der Waals surface area contributed by atoms with E-state index in [4.69, 9.17) is 0 Å². The van der Waals surface area contributed by atoms with E-state index in [1.807, 2.05) is 6.07 Å². The van der Waals surface area contributed by atoms with Crippen molar-refractivity contribution in [1.29, 1.82) is 0 Å². The van der Waals surface area contributed by atoms with E-state index in [1.165, 1.54) is 71.0 Å². The monoisotopic (exact) mass is 406 g/mol. The number of nitrogens with zero attached hydrogens (tertiary/aromatic N) is 2. The van der Waals surface area contributed by atoms with Gasteiger partial charge in [0.05, 0.1) is 10.4 Å². The number of benzene rings is 1. The lowest BCUT2D eigenvalue weighted by atomic mass is 10.0. The van der Waals surface area contributed by atoms with Gasteiger partial charge in [-0.15, -0.1) is 11.3 Å². The lowest BCUT2D eigenvalue weighted by Gasteiger charge is -2.20. The molecule has 3 aromatic rings. The van der Waals surface area contributed by atoms with E-state index >= 15 is 0 Å². The summed E-state index contributed by atoms with van der Waals surface area (Å²) in [6.45, 7) is 4.42. The molecule has 2 aliphatic carbocycles. The van der Waals surface area contributed by atoms with Crippen LogP contribution in [0.1, 0.15) is 69.7 Å². The molecule has 3 aliphatic rings. The van der Waals surface area contributed by atoms with E-state index in [0.717, 1.165) is 36.4 Å². The zero-order valence-electron chi connectivity index (χ0n) is 16.8. The van der Waals surface area contributed by atoms with E-state index < -0.39 is 0 Å². The van der Waals surface area contributed by atoms with Crippen LogP contribution in [0.4, 0.5) is 0 Å². The first-order valence-electron chi connectivity index (χ1n) is 11.1. The van der Waals surface area contributed by atoms with Gasteiger partial charge in [-0.1, -0.05) is 12.8 Å². The van der Waals surface area contributed by atoms with Crippen LogP contribution in [0.3, 0.4) is 0 Å². The number of likely N-dealkylation sites (tertiary alicyclic amines) is 1. The quantitative estimate of drug-likeness (QED) is 0.615. The van der Waals surface area contributed by atoms with Crippen molar-refractivity contribution in [3.63, 3.8) is 0 Å². The van der Waals surface area contributed by atoms with Gasteiger partial charge in [-0.05, 0) is 62.0 Å². The Balaban J connectivity index is 1.51. The number of rotatable bonds is 3. The number of aryl methyl sites for hydroxylation is 2. The first kappa shape index (κ1) is 17.8. The number of hydrogen-bond donors (Lipinski definition) is 0. The van der Waals surface area contributed by atoms with Crippen molar-refractivity contribution in [3.05, 3.63) is 33.7 Å². The minimum Gasteiger partial charge on any atom is -0.331 e. The Kier molecular flexibility index (Phi) is 4.17. The molecule has 2 aromatic heterocycles. The van der Waals surface area contributed by atoms with Gasteiger partial charge in [-0.2, -0.15) is 0 Å². The van der Waals surface area contributed by atoms with Crippen LogP contribution in [-0.2, 0) is 19.4 Å². The molecule has 1 fully saturated rings. The van der Waals surface area contributed by atoms with Gasteiger partial charge in [0.2, 0.25) is 0 Å². The van der Waals surface area contributed by atoms with Crippen LogP contribution in [-0.4, -0.2) is 40.7 Å². The summed E-state index contributed by atoms with van der Waals surface area (Å²) in [5, 5.41) is 2.56. The fourth-order valence-corrected chi connectivity index (χ4v) is 7.05. The Morgan fingerprint density at radius 1 is 0.793 bits per heavy atom. The normalized spacial score (nSPS) is 20.0. The predicted octanol–water partition coefficient (Wildman–Crippen LogP) is 4.99. The summed E-state index contributed by atoms with van der Waals surface area (Å²) >= 11 is 1.69. The lowest BCUT2D eigenvalue weighted by molar-refractivity contribution is 0.0988. The van der Waals surface area contributed by atoms with Crippen LogP contribution >= 0.6 is 11.3 Å². The highest BCUT2D eigenvalue weighted by atomic mass is 32.1. The Morgan fingerprint density at radius 2 is 1.55 bits per heavy atom. The van der Waals surface area contributed by atoms with Crippen LogP contribution in [0.25, 0.3) is 21.1 Å². The minimum absolute atomic E-state index is 0.273. The van der Waals surface area contributed by atoms with Crippen molar-refractivity contribution in [2.24, 2.45) is 0 Å². The summed E-state index contributed by atoms with van der Waals surface area (Å²) in [7, 11) is 0. The first-order valence-corrected chi connectivity index (χ1v) is 11.9. The van der Waals surface area contributed by atoms with Gasteiger partial charge in [0.25, 0.3) is 0 Å². The summed E-state index contributed by atoms with van der Waals surface area (Å²) in [5.74, 6) is 0.576. The Labute approximate surface area is 174 Å². The third-order valence-electron chi connectivity index (χ3n) is 7.16. The Hall–Kier alpha value is -1.98. The van der Waals surface area contributed by atoms with Gasteiger partial charge in [0, 0.05) is 42.3 Å². The van der Waals surface area contributed by atoms with Gasteiger partial charge < -0.3 is 9.47 Å². The maximum absolute atomic E-state index is 12.4. The number of ketones is 2. The van der Waals surface area contributed by atoms with Gasteiger partial charge >= 0.3 is 0 Å². The van der Waals surface area contributed by atoms with Gasteiger partial charge in [0.1, 0.15) is 4.83 Å². The Morgan fingerprint density at radius 3 is 2.38 bits per heavy atom. The van der Waals surface area contributed by atoms with E-state index in [1.54, 1.807) is 11.3 Å². The first-order chi connectivity index (χ1) is 14.2. The van der Waals surface area contributed by atoms with E-state index in [-0.39, 0.29) is 5.78 Å². The average molecular weight is 407 g/mol. The van der Waals surface area contributed by atoms with Crippen molar-refractivity contribution >= 4 is 44.0 Å². The van der Waals surface area contributed by atoms with Gasteiger partial charge in [-0.3, -0.25) is 9.59 Å². The molecule has 0 N–H and O–H groups in total. The second-order valence-corrected chi connectivity index (χ2v) is 9.83. The fourth-order valence-electron chi connectivity index (χ4n) is 5.68. The molecule has 4 nitrogen and oxygen atoms in total. The highest BCUT2D eigenvalue weighted by molar-refractivity contribution is 7.21. The van der Waals surface area contributed by atoms with Crippen LogP contribution in [0.2, 0.25) is 0 Å². The maximum Gasteiger partial charge on any atom is 0.173 e. The van der Waals surface area contributed by atoms with E-state index in [0.29, 0.717) is 18.6 Å². The number of thiophene rings is 1. The Bertz CT molecular complexity index is 1160. The average Bonchev–Trinajstić information content (AvgIpc) is 3.39. The number of hydrogen-bond acceptors (Lipinski definition) is 4. The van der Waals surface area contributed by atoms with E-state index in [9.17, 15) is 9.59 Å². The minimum atomic E-state index is 0.273. The van der Waals surface area contributed by atoms with Crippen molar-refractivity contribution in [3.8, 4) is 0 Å². The highest BCUT2D eigenvalue weighted by Gasteiger charge is 2.31. The molecule has 0 amide bonds. The molecule has 0 unspecified atom stereocenters. The van der Waals surface area contributed by atoms with E-state index in [2.05, 4.69) is 15.5 Å². The molecule has 0 saturated carbocycles. The standard InChI is InChI=1S/C24H26N2O2S/c27-19-9-6-16-15(19)5-8-18-21(16)22-17-7-10-20(28)23(17)29-24(22)26(18)14-13-25-11-3-1-2-4-12-25/h5,8H,1-4,6-7,9-14H2. The number of carbonyl (C=O) groups excluding carboxylic acids is 2. The second-order valence-electron chi connectivity index (χ2n) is 8.83. The fraction of sp³-hybridized carbons (Fsp3) is 0.500. The van der Waals surface area contributed by atoms with Crippen LogP contribution < -0.4 is 0 Å². The largest absolute Gasteiger partial charge is 0.331 e. The molecule has 1 saturated heterocycles. The number of aromatic nitrogens is 1. The topological polar surface area (TPSA) is 42.3 Å². The van der Waals surface area contributed by atoms with Crippen molar-refractivity contribution in [1.82, 2.24) is 9.47 Å². The van der Waals surface area contributed by atoms with Crippen LogP contribution in [0, 0.1) is 0 Å². The smallest absolute Gasteiger partial charge is 0.173 e. The van der Waals surface area contributed by atoms with Crippen LogP contribution in [0.15, 0.2) is 12.1 Å². The molecule has 0 atom stereocenters. The van der Waals surface area contributed by atoms with Gasteiger partial charge in [-0.25, -0.2) is 0 Å². The molecule has 6 rings (SSSR count). The zero-order chi connectivity index (χ0) is 19.5. The number of carbonyl (C=O) groups is 2. The summed E-state index contributed by atoms with van der Waals surface area (Å²) in [6, 6.07) is 4.21. The molecule has 1 aromatic carbocycles. The third kappa shape index (κ3) is 2.67. The SMILES string of the molecule is O=C1CCc2c1ccc1c2c2c3c(sc2n1CCN1CCCCCC1)C(=O)CC3. The molecular weight excluding hydrogens is 380 g/mol. The molecule has 0 bridgehead atoms. The maximum atomic E-state index is 12.4. The van der Waals surface area contributed by atoms with Gasteiger partial charge in [0.15, 0.2) is 11.6 Å². The van der Waals surface area contributed by atoms with Crippen LogP contribution in [0.5, 0.6) is 0 Å².